The van der Waals surface area contributed by atoms with Crippen LogP contribution in [0.4, 0.5) is 0 Å². The summed E-state index contributed by atoms with van der Waals surface area (Å²) < 4.78 is 6.68. The minimum Gasteiger partial charge on any atom is -0.455 e. The van der Waals surface area contributed by atoms with E-state index in [1.54, 1.807) is 0 Å². The third kappa shape index (κ3) is 4.49. The molecule has 0 N–H and O–H groups in total. The Bertz CT molecular complexity index is 2880. The molecule has 0 aliphatic heterocycles. The lowest BCUT2D eigenvalue weighted by molar-refractivity contribution is 0.672. The molecule has 4 heteroatoms. The van der Waals surface area contributed by atoms with Crippen molar-refractivity contribution in [2.24, 2.45) is 0 Å². The number of para-hydroxylation sites is 1. The number of nitrogens with zero attached hydrogens (tertiary/aromatic N) is 3. The maximum atomic E-state index is 6.68. The molecular formula is C45H27N3O. The van der Waals surface area contributed by atoms with Crippen molar-refractivity contribution in [3.05, 3.63) is 164 Å². The molecule has 0 unspecified atom stereocenters. The highest BCUT2D eigenvalue weighted by Gasteiger charge is 2.21. The van der Waals surface area contributed by atoms with Crippen LogP contribution in [0.5, 0.6) is 0 Å². The van der Waals surface area contributed by atoms with Gasteiger partial charge in [0.05, 0.1) is 0 Å². The quantitative estimate of drug-likeness (QED) is 0.183. The first-order chi connectivity index (χ1) is 24.3. The fourth-order valence-electron chi connectivity index (χ4n) is 7.17. The number of benzene rings is 8. The number of hydrogen-bond donors (Lipinski definition) is 0. The van der Waals surface area contributed by atoms with Crippen LogP contribution in [-0.2, 0) is 0 Å². The fourth-order valence-corrected chi connectivity index (χ4v) is 7.17. The fraction of sp³-hybridized carbons (Fsp3) is 0. The Morgan fingerprint density at radius 3 is 1.71 bits per heavy atom. The van der Waals surface area contributed by atoms with Gasteiger partial charge in [-0.15, -0.1) is 0 Å². The molecule has 2 aromatic heterocycles. The summed E-state index contributed by atoms with van der Waals surface area (Å²) in [5, 5.41) is 8.74. The zero-order valence-electron chi connectivity index (χ0n) is 26.3. The van der Waals surface area contributed by atoms with Crippen LogP contribution >= 0.6 is 0 Å². The zero-order valence-corrected chi connectivity index (χ0v) is 26.3. The van der Waals surface area contributed by atoms with E-state index in [-0.39, 0.29) is 0 Å². The molecular weight excluding hydrogens is 599 g/mol. The van der Waals surface area contributed by atoms with Crippen LogP contribution in [0.15, 0.2) is 168 Å². The second kappa shape index (κ2) is 11.0. The second-order valence-corrected chi connectivity index (χ2v) is 12.4. The van der Waals surface area contributed by atoms with E-state index < -0.39 is 0 Å². The van der Waals surface area contributed by atoms with Crippen LogP contribution in [0.2, 0.25) is 0 Å². The number of rotatable bonds is 4. The molecule has 0 aliphatic rings. The number of hydrogen-bond acceptors (Lipinski definition) is 4. The molecule has 228 valence electrons. The SMILES string of the molecule is c1ccc(-c2ccc3cc(-c4nc(-c5ccccc5)nc(-c5cc6ccccc6c6ccccc56)n4)c4c5ccccc5oc4c3c2)cc1. The molecule has 49 heavy (non-hydrogen) atoms. The van der Waals surface area contributed by atoms with Gasteiger partial charge >= 0.3 is 0 Å². The lowest BCUT2D eigenvalue weighted by Gasteiger charge is -2.13. The van der Waals surface area contributed by atoms with Gasteiger partial charge in [0, 0.05) is 32.8 Å². The summed E-state index contributed by atoms with van der Waals surface area (Å²) in [6.07, 6.45) is 0. The summed E-state index contributed by atoms with van der Waals surface area (Å²) in [5.74, 6) is 1.86. The predicted molar refractivity (Wildman–Crippen MR) is 201 cm³/mol. The summed E-state index contributed by atoms with van der Waals surface area (Å²) in [5.41, 5.74) is 6.76. The molecule has 0 spiro atoms. The Morgan fingerprint density at radius 2 is 0.918 bits per heavy atom. The van der Waals surface area contributed by atoms with Gasteiger partial charge in [-0.05, 0) is 62.3 Å². The van der Waals surface area contributed by atoms with Crippen LogP contribution in [0.3, 0.4) is 0 Å². The first kappa shape index (κ1) is 27.5. The summed E-state index contributed by atoms with van der Waals surface area (Å²) in [4.78, 5) is 15.6. The van der Waals surface area contributed by atoms with Crippen molar-refractivity contribution >= 4 is 54.3 Å². The van der Waals surface area contributed by atoms with Crippen molar-refractivity contribution in [3.63, 3.8) is 0 Å². The van der Waals surface area contributed by atoms with Gasteiger partial charge in [-0.2, -0.15) is 0 Å². The first-order valence-electron chi connectivity index (χ1n) is 16.4. The van der Waals surface area contributed by atoms with Gasteiger partial charge in [0.15, 0.2) is 17.5 Å². The van der Waals surface area contributed by atoms with Crippen molar-refractivity contribution in [1.29, 1.82) is 0 Å². The van der Waals surface area contributed by atoms with E-state index in [0.717, 1.165) is 71.3 Å². The average Bonchev–Trinajstić information content (AvgIpc) is 3.58. The molecule has 10 aromatic rings. The van der Waals surface area contributed by atoms with Gasteiger partial charge in [-0.3, -0.25) is 0 Å². The molecule has 10 rings (SSSR count). The van der Waals surface area contributed by atoms with Crippen LogP contribution < -0.4 is 0 Å². The largest absolute Gasteiger partial charge is 0.455 e. The van der Waals surface area contributed by atoms with Crippen molar-refractivity contribution in [2.75, 3.05) is 0 Å². The minimum absolute atomic E-state index is 0.603. The maximum Gasteiger partial charge on any atom is 0.164 e. The Morgan fingerprint density at radius 1 is 0.347 bits per heavy atom. The van der Waals surface area contributed by atoms with Crippen molar-refractivity contribution < 1.29 is 4.42 Å². The zero-order chi connectivity index (χ0) is 32.3. The van der Waals surface area contributed by atoms with Gasteiger partial charge in [0.1, 0.15) is 11.2 Å². The minimum atomic E-state index is 0.603. The van der Waals surface area contributed by atoms with E-state index in [4.69, 9.17) is 19.4 Å². The molecule has 0 atom stereocenters. The molecule has 0 radical (unpaired) electrons. The Kier molecular flexibility index (Phi) is 6.15. The van der Waals surface area contributed by atoms with Crippen LogP contribution in [0, 0.1) is 0 Å². The molecule has 0 aliphatic carbocycles. The van der Waals surface area contributed by atoms with E-state index in [1.807, 2.05) is 36.4 Å². The van der Waals surface area contributed by atoms with Gasteiger partial charge in [-0.25, -0.2) is 15.0 Å². The molecule has 0 saturated heterocycles. The molecule has 0 bridgehead atoms. The Hall–Kier alpha value is -6.65. The van der Waals surface area contributed by atoms with Gasteiger partial charge in [0.25, 0.3) is 0 Å². The first-order valence-corrected chi connectivity index (χ1v) is 16.4. The molecule has 8 aromatic carbocycles. The predicted octanol–water partition coefficient (Wildman–Crippen LogP) is 11.9. The van der Waals surface area contributed by atoms with Crippen molar-refractivity contribution in [2.45, 2.75) is 0 Å². The maximum absolute atomic E-state index is 6.68. The molecule has 2 heterocycles. The standard InChI is InChI=1S/C45H27N3O/c1-3-13-28(14-4-1)30-23-24-32-27-39(41-36-21-11-12-22-40(36)49-42(41)37(32)25-30)45-47-43(29-15-5-2-6-16-29)46-44(48-45)38-26-31-17-7-8-18-33(31)34-19-9-10-20-35(34)38/h1-27H. The highest BCUT2D eigenvalue weighted by molar-refractivity contribution is 6.21. The monoisotopic (exact) mass is 625 g/mol. The topological polar surface area (TPSA) is 51.8 Å². The number of aromatic nitrogens is 3. The van der Waals surface area contributed by atoms with E-state index in [9.17, 15) is 0 Å². The molecule has 0 amide bonds. The lowest BCUT2D eigenvalue weighted by atomic mass is 9.95. The lowest BCUT2D eigenvalue weighted by Crippen LogP contribution is -2.01. The second-order valence-electron chi connectivity index (χ2n) is 12.4. The third-order valence-electron chi connectivity index (χ3n) is 9.49. The molecule has 0 saturated carbocycles. The van der Waals surface area contributed by atoms with Crippen LogP contribution in [0.25, 0.3) is 99.5 Å². The summed E-state index contributed by atoms with van der Waals surface area (Å²) in [6.45, 7) is 0. The van der Waals surface area contributed by atoms with Gasteiger partial charge in [0.2, 0.25) is 0 Å². The summed E-state index contributed by atoms with van der Waals surface area (Å²) in [7, 11) is 0. The van der Waals surface area contributed by atoms with Crippen molar-refractivity contribution in [3.8, 4) is 45.3 Å². The van der Waals surface area contributed by atoms with E-state index in [1.165, 1.54) is 10.8 Å². The summed E-state index contributed by atoms with van der Waals surface area (Å²) >= 11 is 0. The van der Waals surface area contributed by atoms with E-state index in [2.05, 4.69) is 127 Å². The third-order valence-corrected chi connectivity index (χ3v) is 9.49. The van der Waals surface area contributed by atoms with Gasteiger partial charge in [-0.1, -0.05) is 140 Å². The smallest absolute Gasteiger partial charge is 0.164 e. The summed E-state index contributed by atoms with van der Waals surface area (Å²) in [6, 6.07) is 56.8. The Balaban J connectivity index is 1.30. The number of fused-ring (bicyclic) bond motifs is 8. The highest BCUT2D eigenvalue weighted by atomic mass is 16.3. The van der Waals surface area contributed by atoms with Crippen LogP contribution in [0.1, 0.15) is 0 Å². The Labute approximate surface area is 282 Å². The van der Waals surface area contributed by atoms with E-state index in [0.29, 0.717) is 17.5 Å². The van der Waals surface area contributed by atoms with Crippen molar-refractivity contribution in [1.82, 2.24) is 15.0 Å². The van der Waals surface area contributed by atoms with E-state index >= 15 is 0 Å². The molecule has 4 nitrogen and oxygen atoms in total. The highest BCUT2D eigenvalue weighted by Crippen LogP contribution is 2.42. The van der Waals surface area contributed by atoms with Gasteiger partial charge < -0.3 is 4.42 Å². The number of furan rings is 1. The van der Waals surface area contributed by atoms with Crippen LogP contribution in [-0.4, -0.2) is 15.0 Å². The average molecular weight is 626 g/mol. The molecule has 0 fully saturated rings. The normalized spacial score (nSPS) is 11.7.